The number of hydrogen-bond donors (Lipinski definition) is 2. The fourth-order valence-corrected chi connectivity index (χ4v) is 0.742. The molecule has 0 aliphatic rings. The standard InChI is InChI=1S/C8H6O4.C2H6O2.Ca/c9-7(10)5-1-2-6(4-3-5)8(11)12;3-1-2-4;/h1-4H,(H,9,10)(H,11,12);3-4H,1-2H2;/q;;+2/p-2. The van der Waals surface area contributed by atoms with Crippen LogP contribution in [0.1, 0.15) is 20.7 Å². The molecule has 0 unspecified atom stereocenters. The normalized spacial score (nSPS) is 8.35. The predicted molar refractivity (Wildman–Crippen MR) is 55.0 cm³/mol. The molecular weight excluding hydrogens is 256 g/mol. The topological polar surface area (TPSA) is 121 Å². The molecule has 2 N–H and O–H groups in total. The van der Waals surface area contributed by atoms with Crippen molar-refractivity contribution < 1.29 is 30.0 Å². The predicted octanol–water partition coefficient (Wildman–Crippen LogP) is -3.00. The zero-order valence-corrected chi connectivity index (χ0v) is 11.2. The van der Waals surface area contributed by atoms with Gasteiger partial charge in [-0.05, 0) is 11.1 Å². The van der Waals surface area contributed by atoms with Crippen molar-refractivity contribution in [2.75, 3.05) is 13.2 Å². The van der Waals surface area contributed by atoms with Crippen LogP contribution in [0.5, 0.6) is 0 Å². The Morgan fingerprint density at radius 3 is 1.24 bits per heavy atom. The van der Waals surface area contributed by atoms with Gasteiger partial charge in [-0.3, -0.25) is 0 Å². The van der Waals surface area contributed by atoms with E-state index in [2.05, 4.69) is 0 Å². The zero-order valence-electron chi connectivity index (χ0n) is 8.96. The van der Waals surface area contributed by atoms with Crippen LogP contribution in [0.25, 0.3) is 0 Å². The minimum absolute atomic E-state index is 0. The van der Waals surface area contributed by atoms with Gasteiger partial charge in [0.1, 0.15) is 0 Å². The Hall–Kier alpha value is -0.660. The van der Waals surface area contributed by atoms with Gasteiger partial charge in [0.2, 0.25) is 0 Å². The van der Waals surface area contributed by atoms with Crippen molar-refractivity contribution in [2.45, 2.75) is 0 Å². The SMILES string of the molecule is O=C([O-])c1ccc(C(=O)[O-])cc1.OCCO.[Ca+2]. The van der Waals surface area contributed by atoms with E-state index < -0.39 is 11.9 Å². The average Bonchev–Trinajstić information content (AvgIpc) is 2.29. The quantitative estimate of drug-likeness (QED) is 0.563. The third-order valence-electron chi connectivity index (χ3n) is 1.46. The Bertz CT molecular complexity index is 313. The van der Waals surface area contributed by atoms with Crippen LogP contribution in [-0.2, 0) is 0 Å². The van der Waals surface area contributed by atoms with E-state index in [1.165, 1.54) is 0 Å². The van der Waals surface area contributed by atoms with Crippen molar-refractivity contribution in [2.24, 2.45) is 0 Å². The molecule has 0 heterocycles. The summed E-state index contributed by atoms with van der Waals surface area (Å²) < 4.78 is 0. The summed E-state index contributed by atoms with van der Waals surface area (Å²) in [7, 11) is 0. The molecule has 0 aromatic heterocycles. The van der Waals surface area contributed by atoms with E-state index >= 15 is 0 Å². The van der Waals surface area contributed by atoms with E-state index in [1.807, 2.05) is 0 Å². The number of carboxylic acid groups (broad SMARTS) is 2. The molecule has 0 aliphatic carbocycles. The first-order valence-corrected chi connectivity index (χ1v) is 4.27. The summed E-state index contributed by atoms with van der Waals surface area (Å²) in [6.07, 6.45) is 0. The summed E-state index contributed by atoms with van der Waals surface area (Å²) in [5, 5.41) is 35.7. The Balaban J connectivity index is 0. The van der Waals surface area contributed by atoms with Crippen molar-refractivity contribution in [3.05, 3.63) is 35.4 Å². The van der Waals surface area contributed by atoms with E-state index in [0.29, 0.717) is 0 Å². The number of benzene rings is 1. The Labute approximate surface area is 128 Å². The van der Waals surface area contributed by atoms with E-state index in [4.69, 9.17) is 10.2 Å². The fourth-order valence-electron chi connectivity index (χ4n) is 0.742. The Morgan fingerprint density at radius 2 is 1.12 bits per heavy atom. The van der Waals surface area contributed by atoms with Crippen LogP contribution in [0, 0.1) is 0 Å². The second-order valence-electron chi connectivity index (χ2n) is 2.60. The molecule has 17 heavy (non-hydrogen) atoms. The maximum Gasteiger partial charge on any atom is 2.00 e. The minimum atomic E-state index is -1.33. The van der Waals surface area contributed by atoms with Gasteiger partial charge in [0, 0.05) is 0 Å². The Morgan fingerprint density at radius 1 is 0.882 bits per heavy atom. The molecule has 0 bridgehead atoms. The summed E-state index contributed by atoms with van der Waals surface area (Å²) in [4.78, 5) is 20.4. The number of carbonyl (C=O) groups is 2. The molecule has 0 fully saturated rings. The van der Waals surface area contributed by atoms with Gasteiger partial charge in [-0.1, -0.05) is 24.3 Å². The number of aromatic carboxylic acids is 2. The third kappa shape index (κ3) is 8.12. The number of hydrogen-bond acceptors (Lipinski definition) is 6. The van der Waals surface area contributed by atoms with Crippen LogP contribution < -0.4 is 10.2 Å². The largest absolute Gasteiger partial charge is 2.00 e. The van der Waals surface area contributed by atoms with Gasteiger partial charge in [-0.25, -0.2) is 0 Å². The molecule has 1 aromatic rings. The maximum absolute atomic E-state index is 10.2. The molecule has 0 aliphatic heterocycles. The molecule has 0 spiro atoms. The molecular formula is C10H10CaO6. The number of aliphatic hydroxyl groups excluding tert-OH is 2. The van der Waals surface area contributed by atoms with Gasteiger partial charge >= 0.3 is 37.7 Å². The van der Waals surface area contributed by atoms with E-state index in [9.17, 15) is 19.8 Å². The molecule has 0 saturated heterocycles. The molecule has 7 heteroatoms. The van der Waals surface area contributed by atoms with Crippen molar-refractivity contribution in [1.29, 1.82) is 0 Å². The number of rotatable bonds is 3. The first-order chi connectivity index (χ1) is 7.52. The van der Waals surface area contributed by atoms with Gasteiger partial charge in [-0.2, -0.15) is 0 Å². The number of carboxylic acids is 2. The molecule has 0 amide bonds. The van der Waals surface area contributed by atoms with Gasteiger partial charge in [0.15, 0.2) is 0 Å². The van der Waals surface area contributed by atoms with E-state index in [0.717, 1.165) is 24.3 Å². The van der Waals surface area contributed by atoms with Crippen molar-refractivity contribution in [3.8, 4) is 0 Å². The number of aliphatic hydroxyl groups is 2. The van der Waals surface area contributed by atoms with Crippen LogP contribution >= 0.6 is 0 Å². The summed E-state index contributed by atoms with van der Waals surface area (Å²) in [5.41, 5.74) is -0.111. The molecule has 88 valence electrons. The first-order valence-electron chi connectivity index (χ1n) is 4.27. The van der Waals surface area contributed by atoms with Gasteiger partial charge in [0.05, 0.1) is 25.2 Å². The van der Waals surface area contributed by atoms with Gasteiger partial charge in [0.25, 0.3) is 0 Å². The van der Waals surface area contributed by atoms with Crippen LogP contribution in [0.2, 0.25) is 0 Å². The van der Waals surface area contributed by atoms with Crippen LogP contribution in [0.4, 0.5) is 0 Å². The maximum atomic E-state index is 10.2. The van der Waals surface area contributed by atoms with Crippen LogP contribution in [-0.4, -0.2) is 73.1 Å². The van der Waals surface area contributed by atoms with Gasteiger partial charge < -0.3 is 30.0 Å². The second kappa shape index (κ2) is 10.5. The monoisotopic (exact) mass is 266 g/mol. The minimum Gasteiger partial charge on any atom is -0.545 e. The molecule has 6 nitrogen and oxygen atoms in total. The number of carbonyl (C=O) groups excluding carboxylic acids is 2. The summed E-state index contributed by atoms with van der Waals surface area (Å²) in [6.45, 7) is -0.250. The zero-order chi connectivity index (χ0) is 12.6. The summed E-state index contributed by atoms with van der Waals surface area (Å²) in [6, 6.07) is 4.61. The van der Waals surface area contributed by atoms with E-state index in [1.54, 1.807) is 0 Å². The molecule has 1 rings (SSSR count). The average molecular weight is 266 g/mol. The summed E-state index contributed by atoms with van der Waals surface area (Å²) >= 11 is 0. The van der Waals surface area contributed by atoms with Gasteiger partial charge in [-0.15, -0.1) is 0 Å². The summed E-state index contributed by atoms with van der Waals surface area (Å²) in [5.74, 6) is -2.67. The second-order valence-corrected chi connectivity index (χ2v) is 2.60. The van der Waals surface area contributed by atoms with Crippen LogP contribution in [0.15, 0.2) is 24.3 Å². The fraction of sp³-hybridized carbons (Fsp3) is 0.200. The molecule has 1 aromatic carbocycles. The first kappa shape index (κ1) is 18.7. The smallest absolute Gasteiger partial charge is 0.545 e. The molecule has 0 radical (unpaired) electrons. The van der Waals surface area contributed by atoms with Crippen LogP contribution in [0.3, 0.4) is 0 Å². The van der Waals surface area contributed by atoms with E-state index in [-0.39, 0.29) is 62.1 Å². The molecule has 0 saturated carbocycles. The molecule has 0 atom stereocenters. The third-order valence-corrected chi connectivity index (χ3v) is 1.46. The van der Waals surface area contributed by atoms with Crippen molar-refractivity contribution in [3.63, 3.8) is 0 Å². The Kier molecular flexibility index (Phi) is 11.5. The van der Waals surface area contributed by atoms with Crippen molar-refractivity contribution >= 4 is 49.7 Å². The van der Waals surface area contributed by atoms with Crippen molar-refractivity contribution in [1.82, 2.24) is 0 Å².